The van der Waals surface area contributed by atoms with E-state index in [2.05, 4.69) is 15.1 Å². The van der Waals surface area contributed by atoms with E-state index >= 15 is 0 Å². The molecular weight excluding hydrogens is 204 g/mol. The van der Waals surface area contributed by atoms with Gasteiger partial charge in [-0.3, -0.25) is 4.99 Å². The summed E-state index contributed by atoms with van der Waals surface area (Å²) in [6.07, 6.45) is 5.62. The summed E-state index contributed by atoms with van der Waals surface area (Å²) in [5.41, 5.74) is 5.93. The standard InChI is InChI=1S/C11H18N4O/c1-8-14-10(16-15-8)6-7-13-11(12)9-4-2-3-5-9/h9H,2-7H2,1H3,(H2,12,13). The highest BCUT2D eigenvalue weighted by molar-refractivity contribution is 5.83. The van der Waals surface area contributed by atoms with E-state index in [0.29, 0.717) is 30.6 Å². The first-order valence-electron chi connectivity index (χ1n) is 5.84. The number of hydrogen-bond acceptors (Lipinski definition) is 4. The lowest BCUT2D eigenvalue weighted by Gasteiger charge is -2.07. The summed E-state index contributed by atoms with van der Waals surface area (Å²) in [7, 11) is 0. The van der Waals surface area contributed by atoms with E-state index in [4.69, 9.17) is 10.3 Å². The summed E-state index contributed by atoms with van der Waals surface area (Å²) < 4.78 is 5.00. The van der Waals surface area contributed by atoms with Gasteiger partial charge in [-0.05, 0) is 19.8 Å². The van der Waals surface area contributed by atoms with Gasteiger partial charge in [-0.1, -0.05) is 18.0 Å². The zero-order valence-electron chi connectivity index (χ0n) is 9.65. The highest BCUT2D eigenvalue weighted by Gasteiger charge is 2.18. The van der Waals surface area contributed by atoms with Gasteiger partial charge >= 0.3 is 0 Å². The predicted molar refractivity (Wildman–Crippen MR) is 61.2 cm³/mol. The number of aromatic nitrogens is 2. The first-order valence-corrected chi connectivity index (χ1v) is 5.84. The summed E-state index contributed by atoms with van der Waals surface area (Å²) in [5.74, 6) is 2.61. The molecule has 1 aliphatic rings. The maximum Gasteiger partial charge on any atom is 0.228 e. The zero-order chi connectivity index (χ0) is 11.4. The Balaban J connectivity index is 1.79. The van der Waals surface area contributed by atoms with Crippen LogP contribution < -0.4 is 5.73 Å². The van der Waals surface area contributed by atoms with E-state index in [1.807, 2.05) is 6.92 Å². The molecule has 0 aromatic carbocycles. The second-order valence-corrected chi connectivity index (χ2v) is 4.27. The highest BCUT2D eigenvalue weighted by atomic mass is 16.5. The molecule has 0 spiro atoms. The van der Waals surface area contributed by atoms with Crippen LogP contribution in [-0.4, -0.2) is 22.5 Å². The van der Waals surface area contributed by atoms with Crippen LogP contribution in [0.1, 0.15) is 37.4 Å². The summed E-state index contributed by atoms with van der Waals surface area (Å²) in [4.78, 5) is 8.49. The molecule has 0 atom stereocenters. The Hall–Kier alpha value is -1.39. The smallest absolute Gasteiger partial charge is 0.228 e. The average molecular weight is 222 g/mol. The van der Waals surface area contributed by atoms with Crippen LogP contribution in [0.5, 0.6) is 0 Å². The lowest BCUT2D eigenvalue weighted by Crippen LogP contribution is -2.21. The Morgan fingerprint density at radius 1 is 1.50 bits per heavy atom. The van der Waals surface area contributed by atoms with E-state index in [-0.39, 0.29) is 0 Å². The summed E-state index contributed by atoms with van der Waals surface area (Å²) >= 11 is 0. The number of aryl methyl sites for hydroxylation is 1. The first-order chi connectivity index (χ1) is 7.75. The lowest BCUT2D eigenvalue weighted by atomic mass is 10.1. The summed E-state index contributed by atoms with van der Waals surface area (Å²) in [6.45, 7) is 2.45. The average Bonchev–Trinajstić information content (AvgIpc) is 2.89. The van der Waals surface area contributed by atoms with Crippen LogP contribution in [0.4, 0.5) is 0 Å². The van der Waals surface area contributed by atoms with Crippen LogP contribution in [0.15, 0.2) is 9.52 Å². The first kappa shape index (κ1) is 11.1. The third-order valence-corrected chi connectivity index (χ3v) is 2.96. The normalized spacial score (nSPS) is 18.2. The Bertz CT molecular complexity index is 366. The quantitative estimate of drug-likeness (QED) is 0.618. The van der Waals surface area contributed by atoms with E-state index in [0.717, 1.165) is 5.84 Å². The second-order valence-electron chi connectivity index (χ2n) is 4.27. The molecule has 1 heterocycles. The molecule has 0 bridgehead atoms. The third kappa shape index (κ3) is 2.81. The maximum atomic E-state index is 5.93. The van der Waals surface area contributed by atoms with E-state index in [1.54, 1.807) is 0 Å². The number of hydrogen-bond donors (Lipinski definition) is 1. The molecule has 2 N–H and O–H groups in total. The molecule has 5 nitrogen and oxygen atoms in total. The molecule has 16 heavy (non-hydrogen) atoms. The predicted octanol–water partition coefficient (Wildman–Crippen LogP) is 1.47. The fourth-order valence-electron chi connectivity index (χ4n) is 2.07. The van der Waals surface area contributed by atoms with E-state index < -0.39 is 0 Å². The van der Waals surface area contributed by atoms with Crippen molar-refractivity contribution in [2.75, 3.05) is 6.54 Å². The van der Waals surface area contributed by atoms with Crippen LogP contribution in [0, 0.1) is 12.8 Å². The molecule has 1 aromatic heterocycles. The number of nitrogens with two attached hydrogens (primary N) is 1. The van der Waals surface area contributed by atoms with Crippen molar-refractivity contribution in [3.05, 3.63) is 11.7 Å². The van der Waals surface area contributed by atoms with Crippen LogP contribution in [0.2, 0.25) is 0 Å². The van der Waals surface area contributed by atoms with Crippen LogP contribution in [0.25, 0.3) is 0 Å². The molecule has 5 heteroatoms. The molecular formula is C11H18N4O. The van der Waals surface area contributed by atoms with Gasteiger partial charge in [0.1, 0.15) is 0 Å². The molecule has 0 amide bonds. The van der Waals surface area contributed by atoms with Crippen molar-refractivity contribution in [1.29, 1.82) is 0 Å². The minimum atomic E-state index is 0.504. The Morgan fingerprint density at radius 3 is 2.88 bits per heavy atom. The number of amidine groups is 1. The van der Waals surface area contributed by atoms with Gasteiger partial charge in [-0.2, -0.15) is 4.98 Å². The number of nitrogens with zero attached hydrogens (tertiary/aromatic N) is 3. The van der Waals surface area contributed by atoms with Crippen molar-refractivity contribution in [1.82, 2.24) is 10.1 Å². The molecule has 1 fully saturated rings. The molecule has 0 radical (unpaired) electrons. The van der Waals surface area contributed by atoms with Crippen molar-refractivity contribution < 1.29 is 4.52 Å². The maximum absolute atomic E-state index is 5.93. The van der Waals surface area contributed by atoms with Gasteiger partial charge < -0.3 is 10.3 Å². The van der Waals surface area contributed by atoms with Crippen molar-refractivity contribution in [2.45, 2.75) is 39.0 Å². The molecule has 1 saturated carbocycles. The molecule has 0 saturated heterocycles. The molecule has 2 rings (SSSR count). The van der Waals surface area contributed by atoms with Crippen molar-refractivity contribution >= 4 is 5.84 Å². The van der Waals surface area contributed by atoms with Gasteiger partial charge in [-0.15, -0.1) is 0 Å². The van der Waals surface area contributed by atoms with Gasteiger partial charge in [0, 0.05) is 18.9 Å². The van der Waals surface area contributed by atoms with E-state index in [1.165, 1.54) is 25.7 Å². The minimum absolute atomic E-state index is 0.504. The van der Waals surface area contributed by atoms with Gasteiger partial charge in [0.15, 0.2) is 5.82 Å². The topological polar surface area (TPSA) is 77.3 Å². The zero-order valence-corrected chi connectivity index (χ0v) is 9.65. The largest absolute Gasteiger partial charge is 0.387 e. The Morgan fingerprint density at radius 2 is 2.25 bits per heavy atom. The van der Waals surface area contributed by atoms with Crippen molar-refractivity contribution in [3.63, 3.8) is 0 Å². The highest BCUT2D eigenvalue weighted by Crippen LogP contribution is 2.24. The molecule has 0 aliphatic heterocycles. The minimum Gasteiger partial charge on any atom is -0.387 e. The summed E-state index contributed by atoms with van der Waals surface area (Å²) in [5, 5.41) is 3.73. The van der Waals surface area contributed by atoms with Crippen molar-refractivity contribution in [3.8, 4) is 0 Å². The molecule has 1 aliphatic carbocycles. The molecule has 0 unspecified atom stereocenters. The van der Waals surface area contributed by atoms with Crippen LogP contribution in [-0.2, 0) is 6.42 Å². The monoisotopic (exact) mass is 222 g/mol. The number of rotatable bonds is 4. The molecule has 88 valence electrons. The second kappa shape index (κ2) is 5.09. The Labute approximate surface area is 95.1 Å². The Kier molecular flexibility index (Phi) is 3.54. The molecule has 1 aromatic rings. The van der Waals surface area contributed by atoms with Gasteiger partial charge in [-0.25, -0.2) is 0 Å². The van der Waals surface area contributed by atoms with Crippen LogP contribution in [0.3, 0.4) is 0 Å². The van der Waals surface area contributed by atoms with Gasteiger partial charge in [0.05, 0.1) is 5.84 Å². The van der Waals surface area contributed by atoms with Crippen LogP contribution >= 0.6 is 0 Å². The van der Waals surface area contributed by atoms with Gasteiger partial charge in [0.25, 0.3) is 0 Å². The fourth-order valence-corrected chi connectivity index (χ4v) is 2.07. The third-order valence-electron chi connectivity index (χ3n) is 2.96. The van der Waals surface area contributed by atoms with Crippen molar-refractivity contribution in [2.24, 2.45) is 16.6 Å². The van der Waals surface area contributed by atoms with E-state index in [9.17, 15) is 0 Å². The number of aliphatic imine (C=N–C) groups is 1. The lowest BCUT2D eigenvalue weighted by molar-refractivity contribution is 0.376. The summed E-state index contributed by atoms with van der Waals surface area (Å²) in [6, 6.07) is 0. The van der Waals surface area contributed by atoms with Gasteiger partial charge in [0.2, 0.25) is 5.89 Å². The SMILES string of the molecule is Cc1noc(CCN=C(N)C2CCCC2)n1. The fraction of sp³-hybridized carbons (Fsp3) is 0.727.